The van der Waals surface area contributed by atoms with E-state index in [4.69, 9.17) is 4.74 Å². The van der Waals surface area contributed by atoms with Gasteiger partial charge in [-0.3, -0.25) is 0 Å². The third kappa shape index (κ3) is 12.6. The number of alkyl halides is 1. The van der Waals surface area contributed by atoms with Crippen molar-refractivity contribution in [3.63, 3.8) is 0 Å². The molecule has 0 saturated heterocycles. The molecule has 0 saturated carbocycles. The average molecular weight is 309 g/mol. The van der Waals surface area contributed by atoms with Gasteiger partial charge in [0.1, 0.15) is 0 Å². The topological polar surface area (TPSA) is 29.5 Å². The standard InChI is InChI=1S/C14H29BrO2/c1-3-4-5-7-10-13(2)17-14(16)11-8-6-9-12-15/h13-14,16H,3-12H2,1-2H3. The second-order valence-electron chi connectivity index (χ2n) is 4.79. The molecule has 3 heteroatoms. The van der Waals surface area contributed by atoms with Gasteiger partial charge in [0.05, 0.1) is 6.10 Å². The van der Waals surface area contributed by atoms with Crippen molar-refractivity contribution in [3.05, 3.63) is 0 Å². The normalized spacial score (nSPS) is 14.8. The number of hydrogen-bond acceptors (Lipinski definition) is 2. The van der Waals surface area contributed by atoms with Crippen LogP contribution in [0, 0.1) is 0 Å². The Morgan fingerprint density at radius 2 is 1.65 bits per heavy atom. The molecule has 104 valence electrons. The molecule has 2 nitrogen and oxygen atoms in total. The molecule has 0 fully saturated rings. The van der Waals surface area contributed by atoms with Crippen molar-refractivity contribution < 1.29 is 9.84 Å². The van der Waals surface area contributed by atoms with E-state index < -0.39 is 6.29 Å². The zero-order valence-electron chi connectivity index (χ0n) is 11.5. The van der Waals surface area contributed by atoms with Crippen LogP contribution >= 0.6 is 15.9 Å². The summed E-state index contributed by atoms with van der Waals surface area (Å²) in [6.07, 6.45) is 9.93. The Labute approximate surface area is 115 Å². The molecule has 0 radical (unpaired) electrons. The first-order valence-corrected chi connectivity index (χ1v) is 8.22. The first-order valence-electron chi connectivity index (χ1n) is 7.10. The number of aliphatic hydroxyl groups excluding tert-OH is 1. The van der Waals surface area contributed by atoms with Gasteiger partial charge in [-0.25, -0.2) is 0 Å². The monoisotopic (exact) mass is 308 g/mol. The molecule has 0 bridgehead atoms. The molecule has 0 heterocycles. The third-order valence-corrected chi connectivity index (χ3v) is 3.50. The molecule has 0 aliphatic rings. The number of unbranched alkanes of at least 4 members (excludes halogenated alkanes) is 5. The lowest BCUT2D eigenvalue weighted by atomic mass is 10.1. The Balaban J connectivity index is 3.35. The molecule has 0 aromatic rings. The highest BCUT2D eigenvalue weighted by Crippen LogP contribution is 2.12. The number of hydrogen-bond donors (Lipinski definition) is 1. The van der Waals surface area contributed by atoms with Crippen LogP contribution in [0.25, 0.3) is 0 Å². The number of halogens is 1. The Morgan fingerprint density at radius 1 is 1.00 bits per heavy atom. The van der Waals surface area contributed by atoms with Gasteiger partial charge in [-0.15, -0.1) is 0 Å². The van der Waals surface area contributed by atoms with Gasteiger partial charge in [-0.2, -0.15) is 0 Å². The predicted octanol–water partition coefficient (Wildman–Crippen LogP) is 4.64. The second-order valence-corrected chi connectivity index (χ2v) is 5.58. The van der Waals surface area contributed by atoms with E-state index >= 15 is 0 Å². The van der Waals surface area contributed by atoms with Crippen molar-refractivity contribution in [2.45, 2.75) is 84.0 Å². The van der Waals surface area contributed by atoms with Crippen LogP contribution in [0.1, 0.15) is 71.6 Å². The zero-order chi connectivity index (χ0) is 12.9. The van der Waals surface area contributed by atoms with Crippen LogP contribution in [0.15, 0.2) is 0 Å². The van der Waals surface area contributed by atoms with E-state index in [2.05, 4.69) is 29.8 Å². The van der Waals surface area contributed by atoms with Crippen LogP contribution in [0.2, 0.25) is 0 Å². The van der Waals surface area contributed by atoms with Crippen LogP contribution < -0.4 is 0 Å². The van der Waals surface area contributed by atoms with Crippen molar-refractivity contribution in [1.82, 2.24) is 0 Å². The highest BCUT2D eigenvalue weighted by molar-refractivity contribution is 9.09. The van der Waals surface area contributed by atoms with Crippen LogP contribution in [-0.4, -0.2) is 22.8 Å². The summed E-state index contributed by atoms with van der Waals surface area (Å²) in [6, 6.07) is 0. The van der Waals surface area contributed by atoms with E-state index in [0.717, 1.165) is 31.0 Å². The highest BCUT2D eigenvalue weighted by Gasteiger charge is 2.09. The minimum Gasteiger partial charge on any atom is -0.368 e. The summed E-state index contributed by atoms with van der Waals surface area (Å²) in [6.45, 7) is 4.28. The van der Waals surface area contributed by atoms with Gasteiger partial charge < -0.3 is 9.84 Å². The molecule has 0 amide bonds. The lowest BCUT2D eigenvalue weighted by molar-refractivity contribution is -0.136. The smallest absolute Gasteiger partial charge is 0.154 e. The minimum atomic E-state index is -0.563. The van der Waals surface area contributed by atoms with E-state index in [1.54, 1.807) is 0 Å². The van der Waals surface area contributed by atoms with Crippen molar-refractivity contribution in [2.24, 2.45) is 0 Å². The van der Waals surface area contributed by atoms with Gasteiger partial charge in [-0.1, -0.05) is 55.0 Å². The van der Waals surface area contributed by atoms with E-state index in [1.165, 1.54) is 32.1 Å². The van der Waals surface area contributed by atoms with Crippen molar-refractivity contribution in [2.75, 3.05) is 5.33 Å². The average Bonchev–Trinajstić information content (AvgIpc) is 2.30. The molecule has 0 aromatic heterocycles. The summed E-state index contributed by atoms with van der Waals surface area (Å²) in [7, 11) is 0. The Kier molecular flexibility index (Phi) is 13.1. The van der Waals surface area contributed by atoms with Crippen LogP contribution in [0.3, 0.4) is 0 Å². The van der Waals surface area contributed by atoms with Gasteiger partial charge in [0.25, 0.3) is 0 Å². The minimum absolute atomic E-state index is 0.193. The molecule has 2 unspecified atom stereocenters. The summed E-state index contributed by atoms with van der Waals surface area (Å²) >= 11 is 3.40. The number of aliphatic hydroxyl groups is 1. The van der Waals surface area contributed by atoms with E-state index in [9.17, 15) is 5.11 Å². The zero-order valence-corrected chi connectivity index (χ0v) is 13.0. The van der Waals surface area contributed by atoms with Gasteiger partial charge in [0, 0.05) is 5.33 Å². The van der Waals surface area contributed by atoms with Crippen molar-refractivity contribution in [1.29, 1.82) is 0 Å². The molecule has 0 aliphatic carbocycles. The van der Waals surface area contributed by atoms with Gasteiger partial charge in [-0.05, 0) is 32.6 Å². The molecule has 17 heavy (non-hydrogen) atoms. The summed E-state index contributed by atoms with van der Waals surface area (Å²) in [5, 5.41) is 10.7. The largest absolute Gasteiger partial charge is 0.368 e. The van der Waals surface area contributed by atoms with E-state index in [1.807, 2.05) is 0 Å². The lowest BCUT2D eigenvalue weighted by Crippen LogP contribution is -2.19. The molecular formula is C14H29BrO2. The van der Waals surface area contributed by atoms with Gasteiger partial charge in [0.15, 0.2) is 6.29 Å². The first-order chi connectivity index (χ1) is 8.20. The third-order valence-electron chi connectivity index (χ3n) is 2.94. The summed E-state index contributed by atoms with van der Waals surface area (Å²) < 4.78 is 5.55. The summed E-state index contributed by atoms with van der Waals surface area (Å²) in [5.41, 5.74) is 0. The second kappa shape index (κ2) is 12.8. The number of rotatable bonds is 12. The molecule has 2 atom stereocenters. The van der Waals surface area contributed by atoms with E-state index in [-0.39, 0.29) is 6.10 Å². The van der Waals surface area contributed by atoms with Gasteiger partial charge >= 0.3 is 0 Å². The predicted molar refractivity (Wildman–Crippen MR) is 77.6 cm³/mol. The molecular weight excluding hydrogens is 280 g/mol. The number of ether oxygens (including phenoxy) is 1. The Hall–Kier alpha value is 0.400. The van der Waals surface area contributed by atoms with Crippen LogP contribution in [-0.2, 0) is 4.74 Å². The molecule has 0 aromatic carbocycles. The fourth-order valence-electron chi connectivity index (χ4n) is 1.85. The first kappa shape index (κ1) is 17.4. The quantitative estimate of drug-likeness (QED) is 0.323. The van der Waals surface area contributed by atoms with Crippen molar-refractivity contribution in [3.8, 4) is 0 Å². The van der Waals surface area contributed by atoms with E-state index in [0.29, 0.717) is 0 Å². The molecule has 1 N–H and O–H groups in total. The summed E-state index contributed by atoms with van der Waals surface area (Å²) in [5.74, 6) is 0. The van der Waals surface area contributed by atoms with Gasteiger partial charge in [0.2, 0.25) is 0 Å². The van der Waals surface area contributed by atoms with Crippen molar-refractivity contribution >= 4 is 15.9 Å². The summed E-state index contributed by atoms with van der Waals surface area (Å²) in [4.78, 5) is 0. The maximum Gasteiger partial charge on any atom is 0.154 e. The highest BCUT2D eigenvalue weighted by atomic mass is 79.9. The lowest BCUT2D eigenvalue weighted by Gasteiger charge is -2.18. The molecule has 0 aliphatic heterocycles. The van der Waals surface area contributed by atoms with Crippen LogP contribution in [0.5, 0.6) is 0 Å². The SMILES string of the molecule is CCCCCCC(C)OC(O)CCCCCBr. The molecule has 0 rings (SSSR count). The Morgan fingerprint density at radius 3 is 2.29 bits per heavy atom. The van der Waals surface area contributed by atoms with Crippen LogP contribution in [0.4, 0.5) is 0 Å². The fraction of sp³-hybridized carbons (Fsp3) is 1.00. The maximum atomic E-state index is 9.69. The maximum absolute atomic E-state index is 9.69. The molecule has 0 spiro atoms. The Bertz CT molecular complexity index is 137. The fourth-order valence-corrected chi connectivity index (χ4v) is 2.25.